The molecule has 5 heteroatoms. The number of nitrogens with zero attached hydrogens (tertiary/aromatic N) is 2. The van der Waals surface area contributed by atoms with Crippen molar-refractivity contribution in [3.8, 4) is 0 Å². The number of hydrogen-bond acceptors (Lipinski definition) is 2. The lowest BCUT2D eigenvalue weighted by atomic mass is 10.0. The Morgan fingerprint density at radius 2 is 1.38 bits per heavy atom. The van der Waals surface area contributed by atoms with E-state index in [0.29, 0.717) is 5.84 Å². The van der Waals surface area contributed by atoms with E-state index in [1.807, 2.05) is 96.2 Å². The Balaban J connectivity index is 1.84. The van der Waals surface area contributed by atoms with Crippen LogP contribution in [0.25, 0.3) is 0 Å². The van der Waals surface area contributed by atoms with E-state index in [4.69, 9.17) is 5.41 Å². The summed E-state index contributed by atoms with van der Waals surface area (Å²) in [7, 11) is 0. The Morgan fingerprint density at radius 3 is 2.00 bits per heavy atom. The number of amidine groups is 1. The summed E-state index contributed by atoms with van der Waals surface area (Å²) >= 11 is -1.53. The highest BCUT2D eigenvalue weighted by molar-refractivity contribution is 7.89. The molecule has 1 saturated heterocycles. The molecule has 1 aliphatic heterocycles. The van der Waals surface area contributed by atoms with E-state index in [1.54, 1.807) is 4.31 Å². The van der Waals surface area contributed by atoms with Crippen LogP contribution in [-0.4, -0.2) is 10.0 Å². The number of hydrogen-bond donors (Lipinski definition) is 1. The summed E-state index contributed by atoms with van der Waals surface area (Å²) in [6.07, 6.45) is 0. The lowest BCUT2D eigenvalue weighted by molar-refractivity contribution is 0.682. The van der Waals surface area contributed by atoms with Crippen LogP contribution in [0.1, 0.15) is 17.2 Å². The Bertz CT molecular complexity index is 942. The van der Waals surface area contributed by atoms with Gasteiger partial charge >= 0.3 is 0 Å². The van der Waals surface area contributed by atoms with Crippen molar-refractivity contribution in [3.63, 3.8) is 0 Å². The Hall–Kier alpha value is -2.92. The number of aryl methyl sites for hydroxylation is 1. The number of rotatable bonds is 3. The average Bonchev–Trinajstić information content (AvgIpc) is 2.94. The zero-order valence-electron chi connectivity index (χ0n) is 14.4. The second kappa shape index (κ2) is 6.77. The molecule has 1 aliphatic rings. The zero-order valence-corrected chi connectivity index (χ0v) is 15.2. The van der Waals surface area contributed by atoms with Crippen LogP contribution < -0.4 is 8.61 Å². The maximum absolute atomic E-state index is 13.4. The SMILES string of the molecule is Cc1ccc(N2C(c3ccccc3)C(=N)N(c3ccccc3)S2=O)cc1. The molecule has 0 bridgehead atoms. The maximum atomic E-state index is 13.4. The summed E-state index contributed by atoms with van der Waals surface area (Å²) in [6.45, 7) is 2.03. The van der Waals surface area contributed by atoms with Crippen LogP contribution in [0.4, 0.5) is 11.4 Å². The molecule has 1 heterocycles. The maximum Gasteiger partial charge on any atom is 0.232 e. The quantitative estimate of drug-likeness (QED) is 0.727. The zero-order chi connectivity index (χ0) is 18.1. The van der Waals surface area contributed by atoms with E-state index in [1.165, 1.54) is 0 Å². The molecule has 0 radical (unpaired) electrons. The van der Waals surface area contributed by atoms with Gasteiger partial charge in [0, 0.05) is 0 Å². The lowest BCUT2D eigenvalue weighted by Crippen LogP contribution is -2.27. The summed E-state index contributed by atoms with van der Waals surface area (Å²) in [5, 5.41) is 8.78. The fourth-order valence-corrected chi connectivity index (χ4v) is 4.59. The molecule has 1 fully saturated rings. The molecule has 4 rings (SSSR count). The van der Waals surface area contributed by atoms with E-state index >= 15 is 0 Å². The molecule has 26 heavy (non-hydrogen) atoms. The van der Waals surface area contributed by atoms with Crippen LogP contribution in [0, 0.1) is 12.3 Å². The van der Waals surface area contributed by atoms with Gasteiger partial charge in [0.1, 0.15) is 11.9 Å². The first-order valence-corrected chi connectivity index (χ1v) is 9.49. The molecule has 130 valence electrons. The Kier molecular flexibility index (Phi) is 4.31. The minimum absolute atomic E-state index is 0.307. The standard InChI is InChI=1S/C21H19N3OS/c1-16-12-14-19(15-13-16)23-20(17-8-4-2-5-9-17)21(22)24(26(23)25)18-10-6-3-7-11-18/h2-15,20,22H,1H3. The van der Waals surface area contributed by atoms with Crippen LogP contribution in [0.3, 0.4) is 0 Å². The van der Waals surface area contributed by atoms with E-state index in [2.05, 4.69) is 0 Å². The third kappa shape index (κ3) is 2.80. The first kappa shape index (κ1) is 16.5. The van der Waals surface area contributed by atoms with Crippen molar-refractivity contribution in [2.45, 2.75) is 13.0 Å². The van der Waals surface area contributed by atoms with Gasteiger partial charge in [0.25, 0.3) is 0 Å². The monoisotopic (exact) mass is 361 g/mol. The number of para-hydroxylation sites is 1. The molecular weight excluding hydrogens is 342 g/mol. The van der Waals surface area contributed by atoms with Crippen molar-refractivity contribution in [1.82, 2.24) is 0 Å². The van der Waals surface area contributed by atoms with Gasteiger partial charge in [0.2, 0.25) is 11.2 Å². The van der Waals surface area contributed by atoms with Gasteiger partial charge in [-0.05, 0) is 36.8 Å². The van der Waals surface area contributed by atoms with Gasteiger partial charge in [-0.1, -0.05) is 66.2 Å². The fraction of sp³-hybridized carbons (Fsp3) is 0.0952. The highest BCUT2D eigenvalue weighted by Gasteiger charge is 2.44. The van der Waals surface area contributed by atoms with Crippen molar-refractivity contribution in [3.05, 3.63) is 96.1 Å². The van der Waals surface area contributed by atoms with Crippen molar-refractivity contribution in [2.24, 2.45) is 0 Å². The lowest BCUT2D eigenvalue weighted by Gasteiger charge is -2.23. The van der Waals surface area contributed by atoms with Crippen molar-refractivity contribution >= 4 is 28.4 Å². The van der Waals surface area contributed by atoms with E-state index in [0.717, 1.165) is 22.5 Å². The molecule has 3 aromatic rings. The number of benzene rings is 3. The highest BCUT2D eigenvalue weighted by Crippen LogP contribution is 2.39. The van der Waals surface area contributed by atoms with Gasteiger partial charge in [0.05, 0.1) is 11.4 Å². The number of anilines is 2. The van der Waals surface area contributed by atoms with Crippen LogP contribution in [0.5, 0.6) is 0 Å². The van der Waals surface area contributed by atoms with E-state index < -0.39 is 17.2 Å². The summed E-state index contributed by atoms with van der Waals surface area (Å²) in [5.74, 6) is 0.307. The van der Waals surface area contributed by atoms with Gasteiger partial charge < -0.3 is 0 Å². The van der Waals surface area contributed by atoms with E-state index in [9.17, 15) is 4.21 Å². The predicted molar refractivity (Wildman–Crippen MR) is 108 cm³/mol. The third-order valence-corrected chi connectivity index (χ3v) is 5.91. The molecule has 0 saturated carbocycles. The molecule has 0 spiro atoms. The number of nitrogens with one attached hydrogen (secondary N) is 1. The first-order valence-electron chi connectivity index (χ1n) is 8.43. The topological polar surface area (TPSA) is 47.4 Å². The molecule has 2 unspecified atom stereocenters. The normalized spacial score (nSPS) is 19.8. The first-order chi connectivity index (χ1) is 12.7. The van der Waals surface area contributed by atoms with Gasteiger partial charge in [-0.15, -0.1) is 0 Å². The van der Waals surface area contributed by atoms with Crippen LogP contribution in [0.15, 0.2) is 84.9 Å². The molecule has 0 aromatic heterocycles. The van der Waals surface area contributed by atoms with Crippen LogP contribution >= 0.6 is 0 Å². The van der Waals surface area contributed by atoms with Crippen molar-refractivity contribution in [2.75, 3.05) is 8.61 Å². The molecule has 4 nitrogen and oxygen atoms in total. The fourth-order valence-electron chi connectivity index (χ4n) is 3.14. The molecule has 0 aliphatic carbocycles. The summed E-state index contributed by atoms with van der Waals surface area (Å²) in [5.41, 5.74) is 3.69. The van der Waals surface area contributed by atoms with Crippen molar-refractivity contribution in [1.29, 1.82) is 5.41 Å². The molecule has 2 atom stereocenters. The van der Waals surface area contributed by atoms with Gasteiger partial charge in [-0.2, -0.15) is 0 Å². The predicted octanol–water partition coefficient (Wildman–Crippen LogP) is 4.62. The van der Waals surface area contributed by atoms with Crippen LogP contribution in [-0.2, 0) is 11.2 Å². The summed E-state index contributed by atoms with van der Waals surface area (Å²) < 4.78 is 16.8. The van der Waals surface area contributed by atoms with Gasteiger partial charge in [-0.25, -0.2) is 8.51 Å². The molecular formula is C21H19N3OS. The third-order valence-electron chi connectivity index (χ3n) is 4.43. The minimum Gasteiger partial charge on any atom is -0.285 e. The molecule has 0 amide bonds. The van der Waals surface area contributed by atoms with Crippen LogP contribution in [0.2, 0.25) is 0 Å². The smallest absolute Gasteiger partial charge is 0.232 e. The Labute approximate surface area is 155 Å². The molecule has 3 aromatic carbocycles. The summed E-state index contributed by atoms with van der Waals surface area (Å²) in [6, 6.07) is 26.8. The second-order valence-corrected chi connectivity index (χ2v) is 7.44. The minimum atomic E-state index is -1.53. The largest absolute Gasteiger partial charge is 0.285 e. The Morgan fingerprint density at radius 1 is 0.808 bits per heavy atom. The second-order valence-electron chi connectivity index (χ2n) is 6.22. The van der Waals surface area contributed by atoms with Crippen molar-refractivity contribution < 1.29 is 4.21 Å². The average molecular weight is 361 g/mol. The molecule has 1 N–H and O–H groups in total. The highest BCUT2D eigenvalue weighted by atomic mass is 32.2. The van der Waals surface area contributed by atoms with Gasteiger partial charge in [0.15, 0.2) is 0 Å². The summed E-state index contributed by atoms with van der Waals surface area (Å²) in [4.78, 5) is 0. The van der Waals surface area contributed by atoms with Gasteiger partial charge in [-0.3, -0.25) is 9.71 Å². The van der Waals surface area contributed by atoms with E-state index in [-0.39, 0.29) is 0 Å².